The summed E-state index contributed by atoms with van der Waals surface area (Å²) in [7, 11) is 0. The SMILES string of the molecule is CCOc1ccc2c(c1)[C@@H](N(CCN1CCOCC1)C(=S)Nc1ccc(C)cc1Cl)CC(C)(C)O2. The van der Waals surface area contributed by atoms with Crippen LogP contribution in [0.15, 0.2) is 36.4 Å². The second kappa shape index (κ2) is 11.3. The number of hydrogen-bond donors (Lipinski definition) is 1. The van der Waals surface area contributed by atoms with Crippen molar-refractivity contribution in [1.29, 1.82) is 0 Å². The first-order chi connectivity index (χ1) is 16.8. The Morgan fingerprint density at radius 1 is 1.23 bits per heavy atom. The fourth-order valence-corrected chi connectivity index (χ4v) is 5.32. The number of benzene rings is 2. The third-order valence-corrected chi connectivity index (χ3v) is 7.14. The summed E-state index contributed by atoms with van der Waals surface area (Å²) in [4.78, 5) is 4.72. The highest BCUT2D eigenvalue weighted by Gasteiger charge is 2.38. The molecular weight excluding hydrogens is 482 g/mol. The van der Waals surface area contributed by atoms with Crippen molar-refractivity contribution in [2.75, 3.05) is 51.3 Å². The van der Waals surface area contributed by atoms with Crippen LogP contribution in [0.5, 0.6) is 11.5 Å². The summed E-state index contributed by atoms with van der Waals surface area (Å²) in [5.41, 5.74) is 2.68. The Bertz CT molecular complexity index is 1040. The van der Waals surface area contributed by atoms with Crippen LogP contribution in [0.25, 0.3) is 0 Å². The molecule has 35 heavy (non-hydrogen) atoms. The monoisotopic (exact) mass is 517 g/mol. The second-order valence-corrected chi connectivity index (χ2v) is 10.6. The van der Waals surface area contributed by atoms with Crippen molar-refractivity contribution in [2.24, 2.45) is 0 Å². The molecule has 2 heterocycles. The quantitative estimate of drug-likeness (QED) is 0.474. The molecule has 2 aliphatic heterocycles. The number of anilines is 1. The van der Waals surface area contributed by atoms with E-state index in [-0.39, 0.29) is 11.6 Å². The summed E-state index contributed by atoms with van der Waals surface area (Å²) in [5.74, 6) is 1.72. The predicted octanol–water partition coefficient (Wildman–Crippen LogP) is 5.68. The van der Waals surface area contributed by atoms with E-state index in [0.29, 0.717) is 16.7 Å². The first-order valence-corrected chi connectivity index (χ1v) is 13.1. The number of hydrogen-bond acceptors (Lipinski definition) is 5. The lowest BCUT2D eigenvalue weighted by molar-refractivity contribution is 0.0266. The second-order valence-electron chi connectivity index (χ2n) is 9.78. The zero-order valence-electron chi connectivity index (χ0n) is 21.1. The van der Waals surface area contributed by atoms with E-state index >= 15 is 0 Å². The maximum absolute atomic E-state index is 6.55. The van der Waals surface area contributed by atoms with Gasteiger partial charge in [0, 0.05) is 38.2 Å². The molecule has 2 aromatic rings. The van der Waals surface area contributed by atoms with Gasteiger partial charge >= 0.3 is 0 Å². The van der Waals surface area contributed by atoms with Crippen LogP contribution in [0.4, 0.5) is 5.69 Å². The number of fused-ring (bicyclic) bond motifs is 1. The Hall–Kier alpha value is -2.06. The smallest absolute Gasteiger partial charge is 0.174 e. The molecular formula is C27H36ClN3O3S. The van der Waals surface area contributed by atoms with Gasteiger partial charge in [-0.05, 0) is 75.8 Å². The van der Waals surface area contributed by atoms with Crippen LogP contribution in [-0.4, -0.2) is 66.5 Å². The molecule has 1 fully saturated rings. The lowest BCUT2D eigenvalue weighted by Crippen LogP contribution is -2.48. The van der Waals surface area contributed by atoms with Gasteiger partial charge in [-0.25, -0.2) is 0 Å². The summed E-state index contributed by atoms with van der Waals surface area (Å²) in [5, 5.41) is 4.74. The van der Waals surface area contributed by atoms with Crippen LogP contribution in [-0.2, 0) is 4.74 Å². The Morgan fingerprint density at radius 3 is 2.71 bits per heavy atom. The number of morpholine rings is 1. The largest absolute Gasteiger partial charge is 0.494 e. The molecule has 0 bridgehead atoms. The van der Waals surface area contributed by atoms with E-state index in [4.69, 9.17) is 38.0 Å². The third-order valence-electron chi connectivity index (χ3n) is 6.49. The van der Waals surface area contributed by atoms with Crippen LogP contribution < -0.4 is 14.8 Å². The van der Waals surface area contributed by atoms with Crippen molar-refractivity contribution in [1.82, 2.24) is 9.80 Å². The molecule has 4 rings (SSSR count). The van der Waals surface area contributed by atoms with E-state index in [1.165, 1.54) is 0 Å². The minimum Gasteiger partial charge on any atom is -0.494 e. The summed E-state index contributed by atoms with van der Waals surface area (Å²) in [6.07, 6.45) is 0.794. The number of thiocarbonyl (C=S) groups is 1. The molecule has 0 saturated carbocycles. The van der Waals surface area contributed by atoms with Crippen molar-refractivity contribution < 1.29 is 14.2 Å². The Labute approximate surface area is 219 Å². The maximum Gasteiger partial charge on any atom is 0.174 e. The molecule has 0 spiro atoms. The van der Waals surface area contributed by atoms with Crippen molar-refractivity contribution in [3.05, 3.63) is 52.5 Å². The predicted molar refractivity (Wildman–Crippen MR) is 146 cm³/mol. The zero-order valence-corrected chi connectivity index (χ0v) is 22.7. The normalized spacial score (nSPS) is 19.4. The molecule has 0 aromatic heterocycles. The fourth-order valence-electron chi connectivity index (χ4n) is 4.71. The molecule has 0 radical (unpaired) electrons. The number of nitrogens with zero attached hydrogens (tertiary/aromatic N) is 2. The first-order valence-electron chi connectivity index (χ1n) is 12.4. The van der Waals surface area contributed by atoms with E-state index in [9.17, 15) is 0 Å². The molecule has 190 valence electrons. The minimum absolute atomic E-state index is 0.0272. The van der Waals surface area contributed by atoms with Gasteiger partial charge in [-0.2, -0.15) is 0 Å². The molecule has 1 saturated heterocycles. The lowest BCUT2D eigenvalue weighted by Gasteiger charge is -2.44. The highest BCUT2D eigenvalue weighted by atomic mass is 35.5. The highest BCUT2D eigenvalue weighted by molar-refractivity contribution is 7.80. The highest BCUT2D eigenvalue weighted by Crippen LogP contribution is 2.44. The lowest BCUT2D eigenvalue weighted by atomic mass is 9.88. The van der Waals surface area contributed by atoms with Gasteiger partial charge in [-0.15, -0.1) is 0 Å². The maximum atomic E-state index is 6.55. The minimum atomic E-state index is -0.334. The van der Waals surface area contributed by atoms with Crippen molar-refractivity contribution in [3.63, 3.8) is 0 Å². The molecule has 1 N–H and O–H groups in total. The van der Waals surface area contributed by atoms with E-state index in [2.05, 4.69) is 35.0 Å². The Morgan fingerprint density at radius 2 is 2.00 bits per heavy atom. The molecule has 8 heteroatoms. The third kappa shape index (κ3) is 6.58. The van der Waals surface area contributed by atoms with Crippen LogP contribution in [0.2, 0.25) is 5.02 Å². The van der Waals surface area contributed by atoms with Crippen LogP contribution in [0.1, 0.15) is 44.4 Å². The van der Waals surface area contributed by atoms with Crippen LogP contribution in [0, 0.1) is 6.92 Å². The number of nitrogens with one attached hydrogen (secondary N) is 1. The van der Waals surface area contributed by atoms with E-state index in [0.717, 1.165) is 74.1 Å². The molecule has 6 nitrogen and oxygen atoms in total. The van der Waals surface area contributed by atoms with Gasteiger partial charge in [-0.3, -0.25) is 4.90 Å². The van der Waals surface area contributed by atoms with E-state index in [1.807, 2.05) is 44.2 Å². The standard InChI is InChI=1S/C27H36ClN3O3S/c1-5-33-20-7-9-25-21(17-20)24(18-27(3,4)34-25)31(11-10-30-12-14-32-15-13-30)26(35)29-23-8-6-19(2)16-22(23)28/h6-9,16-17,24H,5,10-15,18H2,1-4H3,(H,29,35)/t24-/m0/s1. The van der Waals surface area contributed by atoms with Gasteiger partial charge in [0.05, 0.1) is 36.6 Å². The van der Waals surface area contributed by atoms with Crippen molar-refractivity contribution in [2.45, 2.75) is 45.8 Å². The topological polar surface area (TPSA) is 46.2 Å². The molecule has 0 unspecified atom stereocenters. The van der Waals surface area contributed by atoms with E-state index < -0.39 is 0 Å². The van der Waals surface area contributed by atoms with Gasteiger partial charge in [0.1, 0.15) is 17.1 Å². The number of ether oxygens (including phenoxy) is 3. The van der Waals surface area contributed by atoms with Crippen LogP contribution >= 0.6 is 23.8 Å². The van der Waals surface area contributed by atoms with E-state index in [1.54, 1.807) is 0 Å². The molecule has 1 atom stereocenters. The molecule has 2 aromatic carbocycles. The zero-order chi connectivity index (χ0) is 25.0. The average Bonchev–Trinajstić information content (AvgIpc) is 2.81. The molecule has 0 amide bonds. The van der Waals surface area contributed by atoms with Gasteiger partial charge in [0.2, 0.25) is 0 Å². The number of aryl methyl sites for hydroxylation is 1. The van der Waals surface area contributed by atoms with Gasteiger partial charge in [-0.1, -0.05) is 17.7 Å². The first kappa shape index (κ1) is 26.0. The van der Waals surface area contributed by atoms with Crippen molar-refractivity contribution in [3.8, 4) is 11.5 Å². The summed E-state index contributed by atoms with van der Waals surface area (Å²) < 4.78 is 17.7. The Balaban J connectivity index is 1.66. The number of halogens is 1. The van der Waals surface area contributed by atoms with Gasteiger partial charge in [0.15, 0.2) is 5.11 Å². The summed E-state index contributed by atoms with van der Waals surface area (Å²) in [6.45, 7) is 14.0. The van der Waals surface area contributed by atoms with Crippen molar-refractivity contribution >= 4 is 34.6 Å². The van der Waals surface area contributed by atoms with Gasteiger partial charge in [0.25, 0.3) is 0 Å². The van der Waals surface area contributed by atoms with Gasteiger partial charge < -0.3 is 24.4 Å². The number of rotatable bonds is 7. The fraction of sp³-hybridized carbons (Fsp3) is 0.519. The average molecular weight is 518 g/mol. The molecule has 0 aliphatic carbocycles. The summed E-state index contributed by atoms with van der Waals surface area (Å²) >= 11 is 12.6. The summed E-state index contributed by atoms with van der Waals surface area (Å²) in [6, 6.07) is 12.1. The Kier molecular flexibility index (Phi) is 8.42. The van der Waals surface area contributed by atoms with Crippen LogP contribution in [0.3, 0.4) is 0 Å². The molecule has 2 aliphatic rings.